The van der Waals surface area contributed by atoms with Crippen LogP contribution < -0.4 is 10.1 Å². The highest BCUT2D eigenvalue weighted by Crippen LogP contribution is 2.20. The minimum atomic E-state index is 0.360. The molecule has 0 saturated heterocycles. The Morgan fingerprint density at radius 1 is 1.47 bits per heavy atom. The molecule has 102 valence electrons. The predicted octanol–water partition coefficient (Wildman–Crippen LogP) is 3.41. The number of ether oxygens (including phenoxy) is 1. The van der Waals surface area contributed by atoms with Crippen molar-refractivity contribution in [2.24, 2.45) is 0 Å². The molecule has 2 rings (SSSR count). The highest BCUT2D eigenvalue weighted by Gasteiger charge is 2.06. The smallest absolute Gasteiger partial charge is 0.214 e. The standard InChI is InChI=1S/C14H17ClN2O2/c1-10(2)16-7-11-6-14(17-8-13(11)15)19-9-12-4-3-5-18-12/h3-6,8,10,16H,7,9H2,1-2H3. The van der Waals surface area contributed by atoms with E-state index in [9.17, 15) is 0 Å². The van der Waals surface area contributed by atoms with E-state index in [1.165, 1.54) is 0 Å². The molecule has 0 spiro atoms. The number of hydrogen-bond donors (Lipinski definition) is 1. The topological polar surface area (TPSA) is 47.3 Å². The van der Waals surface area contributed by atoms with Gasteiger partial charge in [0, 0.05) is 24.8 Å². The molecule has 2 heterocycles. The van der Waals surface area contributed by atoms with Gasteiger partial charge in [-0.3, -0.25) is 0 Å². The molecule has 0 amide bonds. The third-order valence-corrected chi connectivity index (χ3v) is 2.89. The zero-order valence-corrected chi connectivity index (χ0v) is 11.8. The summed E-state index contributed by atoms with van der Waals surface area (Å²) in [5.74, 6) is 1.31. The van der Waals surface area contributed by atoms with E-state index in [4.69, 9.17) is 20.8 Å². The molecule has 0 atom stereocenters. The average Bonchev–Trinajstić information content (AvgIpc) is 2.89. The summed E-state index contributed by atoms with van der Waals surface area (Å²) in [5.41, 5.74) is 0.972. The van der Waals surface area contributed by atoms with Gasteiger partial charge in [0.15, 0.2) is 0 Å². The van der Waals surface area contributed by atoms with Crippen molar-refractivity contribution in [1.29, 1.82) is 0 Å². The summed E-state index contributed by atoms with van der Waals surface area (Å²) in [6.45, 7) is 5.22. The van der Waals surface area contributed by atoms with Crippen LogP contribution in [-0.2, 0) is 13.2 Å². The monoisotopic (exact) mass is 280 g/mol. The van der Waals surface area contributed by atoms with Gasteiger partial charge < -0.3 is 14.5 Å². The zero-order chi connectivity index (χ0) is 13.7. The Balaban J connectivity index is 1.99. The van der Waals surface area contributed by atoms with Gasteiger partial charge in [-0.25, -0.2) is 4.98 Å². The second-order valence-electron chi connectivity index (χ2n) is 4.52. The molecular formula is C14H17ClN2O2. The number of aromatic nitrogens is 1. The summed E-state index contributed by atoms with van der Waals surface area (Å²) >= 11 is 6.10. The molecule has 1 N–H and O–H groups in total. The van der Waals surface area contributed by atoms with Crippen LogP contribution >= 0.6 is 11.6 Å². The van der Waals surface area contributed by atoms with Crippen LogP contribution in [0.4, 0.5) is 0 Å². The van der Waals surface area contributed by atoms with E-state index >= 15 is 0 Å². The first kappa shape index (κ1) is 13.9. The Labute approximate surface area is 117 Å². The number of nitrogens with one attached hydrogen (secondary N) is 1. The molecule has 0 aliphatic rings. The first-order chi connectivity index (χ1) is 9.15. The Bertz CT molecular complexity index is 512. The van der Waals surface area contributed by atoms with Crippen molar-refractivity contribution in [2.45, 2.75) is 33.0 Å². The minimum Gasteiger partial charge on any atom is -0.469 e. The van der Waals surface area contributed by atoms with Gasteiger partial charge in [-0.15, -0.1) is 0 Å². The van der Waals surface area contributed by atoms with Crippen LogP contribution in [0.25, 0.3) is 0 Å². The lowest BCUT2D eigenvalue weighted by atomic mass is 10.2. The second kappa shape index (κ2) is 6.59. The largest absolute Gasteiger partial charge is 0.469 e. The van der Waals surface area contributed by atoms with Crippen molar-refractivity contribution in [3.63, 3.8) is 0 Å². The maximum Gasteiger partial charge on any atom is 0.214 e. The van der Waals surface area contributed by atoms with E-state index in [0.717, 1.165) is 11.3 Å². The van der Waals surface area contributed by atoms with Crippen LogP contribution in [0.3, 0.4) is 0 Å². The molecule has 0 bridgehead atoms. The van der Waals surface area contributed by atoms with Crippen molar-refractivity contribution in [1.82, 2.24) is 10.3 Å². The summed E-state index contributed by atoms with van der Waals surface area (Å²) in [4.78, 5) is 4.14. The van der Waals surface area contributed by atoms with Crippen LogP contribution in [0.15, 0.2) is 35.1 Å². The molecule has 0 fully saturated rings. The average molecular weight is 281 g/mol. The second-order valence-corrected chi connectivity index (χ2v) is 4.92. The van der Waals surface area contributed by atoms with Crippen LogP contribution in [0.1, 0.15) is 25.2 Å². The lowest BCUT2D eigenvalue weighted by molar-refractivity contribution is 0.260. The number of rotatable bonds is 6. The molecule has 0 aliphatic carbocycles. The molecule has 4 nitrogen and oxygen atoms in total. The van der Waals surface area contributed by atoms with Gasteiger partial charge >= 0.3 is 0 Å². The van der Waals surface area contributed by atoms with Crippen molar-refractivity contribution >= 4 is 11.6 Å². The third kappa shape index (κ3) is 4.26. The Morgan fingerprint density at radius 3 is 3.00 bits per heavy atom. The van der Waals surface area contributed by atoms with E-state index in [-0.39, 0.29) is 0 Å². The molecular weight excluding hydrogens is 264 g/mol. The highest BCUT2D eigenvalue weighted by atomic mass is 35.5. The van der Waals surface area contributed by atoms with Crippen LogP contribution in [-0.4, -0.2) is 11.0 Å². The normalized spacial score (nSPS) is 10.9. The van der Waals surface area contributed by atoms with E-state index in [1.807, 2.05) is 18.2 Å². The van der Waals surface area contributed by atoms with Crippen molar-refractivity contribution in [3.8, 4) is 5.88 Å². The Kier molecular flexibility index (Phi) is 4.82. The molecule has 0 unspecified atom stereocenters. The molecule has 0 radical (unpaired) electrons. The molecule has 19 heavy (non-hydrogen) atoms. The third-order valence-electron chi connectivity index (χ3n) is 2.55. The van der Waals surface area contributed by atoms with Gasteiger partial charge in [-0.1, -0.05) is 25.4 Å². The van der Waals surface area contributed by atoms with E-state index < -0.39 is 0 Å². The Morgan fingerprint density at radius 2 is 2.32 bits per heavy atom. The van der Waals surface area contributed by atoms with Gasteiger partial charge in [0.05, 0.1) is 11.3 Å². The fourth-order valence-corrected chi connectivity index (χ4v) is 1.70. The minimum absolute atomic E-state index is 0.360. The molecule has 5 heteroatoms. The van der Waals surface area contributed by atoms with Crippen molar-refractivity contribution < 1.29 is 9.15 Å². The van der Waals surface area contributed by atoms with Crippen molar-refractivity contribution in [3.05, 3.63) is 47.0 Å². The molecule has 0 aromatic carbocycles. The first-order valence-corrected chi connectivity index (χ1v) is 6.56. The molecule has 2 aromatic rings. The molecule has 0 saturated carbocycles. The number of furan rings is 1. The summed E-state index contributed by atoms with van der Waals surface area (Å²) in [5, 5.41) is 3.95. The Hall–Kier alpha value is -1.52. The number of nitrogens with zero attached hydrogens (tertiary/aromatic N) is 1. The van der Waals surface area contributed by atoms with Gasteiger partial charge in [0.25, 0.3) is 0 Å². The molecule has 0 aliphatic heterocycles. The molecule has 2 aromatic heterocycles. The number of halogens is 1. The number of hydrogen-bond acceptors (Lipinski definition) is 4. The van der Waals surface area contributed by atoms with Gasteiger partial charge in [-0.05, 0) is 17.7 Å². The predicted molar refractivity (Wildman–Crippen MR) is 74.3 cm³/mol. The highest BCUT2D eigenvalue weighted by molar-refractivity contribution is 6.31. The maximum absolute atomic E-state index is 6.10. The maximum atomic E-state index is 6.10. The fourth-order valence-electron chi connectivity index (χ4n) is 1.53. The number of pyridine rings is 1. The fraction of sp³-hybridized carbons (Fsp3) is 0.357. The SMILES string of the molecule is CC(C)NCc1cc(OCc2ccco2)ncc1Cl. The van der Waals surface area contributed by atoms with Gasteiger partial charge in [0.1, 0.15) is 12.4 Å². The van der Waals surface area contributed by atoms with Gasteiger partial charge in [-0.2, -0.15) is 0 Å². The first-order valence-electron chi connectivity index (χ1n) is 6.18. The van der Waals surface area contributed by atoms with Crippen LogP contribution in [0, 0.1) is 0 Å². The lowest BCUT2D eigenvalue weighted by Crippen LogP contribution is -2.22. The van der Waals surface area contributed by atoms with Crippen molar-refractivity contribution in [2.75, 3.05) is 0 Å². The summed E-state index contributed by atoms with van der Waals surface area (Å²) in [6.07, 6.45) is 3.22. The quantitative estimate of drug-likeness (QED) is 0.881. The summed E-state index contributed by atoms with van der Waals surface area (Å²) in [7, 11) is 0. The summed E-state index contributed by atoms with van der Waals surface area (Å²) in [6, 6.07) is 5.93. The van der Waals surface area contributed by atoms with Crippen LogP contribution in [0.2, 0.25) is 5.02 Å². The zero-order valence-electron chi connectivity index (χ0n) is 11.0. The van der Waals surface area contributed by atoms with Gasteiger partial charge in [0.2, 0.25) is 5.88 Å². The van der Waals surface area contributed by atoms with E-state index in [2.05, 4.69) is 24.1 Å². The van der Waals surface area contributed by atoms with E-state index in [1.54, 1.807) is 12.5 Å². The lowest BCUT2D eigenvalue weighted by Gasteiger charge is -2.11. The summed E-state index contributed by atoms with van der Waals surface area (Å²) < 4.78 is 10.8. The van der Waals surface area contributed by atoms with E-state index in [0.29, 0.717) is 30.1 Å². The van der Waals surface area contributed by atoms with Crippen LogP contribution in [0.5, 0.6) is 5.88 Å².